The van der Waals surface area contributed by atoms with Crippen LogP contribution in [0.5, 0.6) is 0 Å². The molecule has 2 rings (SSSR count). The van der Waals surface area contributed by atoms with E-state index in [0.717, 1.165) is 15.2 Å². The van der Waals surface area contributed by atoms with Crippen molar-refractivity contribution in [3.63, 3.8) is 0 Å². The predicted molar refractivity (Wildman–Crippen MR) is 118 cm³/mol. The maximum absolute atomic E-state index is 12.8. The number of aromatic nitrogens is 1. The summed E-state index contributed by atoms with van der Waals surface area (Å²) in [6.07, 6.45) is 0. The lowest BCUT2D eigenvalue weighted by Gasteiger charge is -2.24. The summed E-state index contributed by atoms with van der Waals surface area (Å²) in [6.45, 7) is 9.78. The van der Waals surface area contributed by atoms with E-state index in [1.54, 1.807) is 10.3 Å². The van der Waals surface area contributed by atoms with Gasteiger partial charge in [-0.25, -0.2) is 9.78 Å². The highest BCUT2D eigenvalue weighted by Gasteiger charge is 2.19. The van der Waals surface area contributed by atoms with Crippen LogP contribution in [0.2, 0.25) is 0 Å². The van der Waals surface area contributed by atoms with Gasteiger partial charge in [0.2, 0.25) is 0 Å². The number of carbonyl (C=O) groups excluding carboxylic acids is 2. The molecule has 6 nitrogen and oxygen atoms in total. The van der Waals surface area contributed by atoms with Crippen molar-refractivity contribution in [3.8, 4) is 0 Å². The molecule has 2 N–H and O–H groups in total. The molecule has 8 heteroatoms. The zero-order valence-electron chi connectivity index (χ0n) is 16.7. The lowest BCUT2D eigenvalue weighted by Crippen LogP contribution is -2.37. The molecule has 0 aliphatic carbocycles. The van der Waals surface area contributed by atoms with Crippen LogP contribution in [0.4, 0.5) is 10.5 Å². The van der Waals surface area contributed by atoms with Gasteiger partial charge in [-0.15, -0.1) is 11.3 Å². The third kappa shape index (κ3) is 7.24. The van der Waals surface area contributed by atoms with E-state index in [2.05, 4.69) is 45.4 Å². The lowest BCUT2D eigenvalue weighted by molar-refractivity contribution is 0.0944. The van der Waals surface area contributed by atoms with Crippen molar-refractivity contribution in [2.75, 3.05) is 18.4 Å². The third-order valence-corrected chi connectivity index (χ3v) is 5.11. The molecule has 0 saturated heterocycles. The number of nitrogens with one attached hydrogen (secondary N) is 2. The predicted octanol–water partition coefficient (Wildman–Crippen LogP) is 4.98. The molecule has 0 atom stereocenters. The fourth-order valence-corrected chi connectivity index (χ4v) is 3.49. The van der Waals surface area contributed by atoms with Crippen molar-refractivity contribution < 1.29 is 9.59 Å². The molecule has 0 aliphatic heterocycles. The number of carbonyl (C=O) groups is 2. The first-order valence-corrected chi connectivity index (χ1v) is 11.0. The van der Waals surface area contributed by atoms with Gasteiger partial charge >= 0.3 is 6.03 Å². The van der Waals surface area contributed by atoms with Gasteiger partial charge in [0, 0.05) is 28.6 Å². The number of nitrogens with zero attached hydrogens (tertiary/aromatic N) is 2. The number of rotatable bonds is 8. The van der Waals surface area contributed by atoms with Crippen LogP contribution in [0, 0.1) is 11.8 Å². The van der Waals surface area contributed by atoms with Crippen molar-refractivity contribution in [1.29, 1.82) is 0 Å². The molecule has 3 amide bonds. The van der Waals surface area contributed by atoms with Gasteiger partial charge in [0.05, 0.1) is 6.54 Å². The SMILES string of the molecule is CC(C)CNC(=O)c1csc(CN(CC(C)C)C(=O)Nc2ccc(Br)cc2)n1. The zero-order chi connectivity index (χ0) is 20.7. The first kappa shape index (κ1) is 22.4. The summed E-state index contributed by atoms with van der Waals surface area (Å²) in [5, 5.41) is 8.27. The van der Waals surface area contributed by atoms with Crippen LogP contribution in [0.1, 0.15) is 43.2 Å². The molecule has 1 heterocycles. The van der Waals surface area contributed by atoms with Crippen LogP contribution in [0.15, 0.2) is 34.1 Å². The van der Waals surface area contributed by atoms with Gasteiger partial charge in [-0.2, -0.15) is 0 Å². The highest BCUT2D eigenvalue weighted by atomic mass is 79.9. The van der Waals surface area contributed by atoms with Gasteiger partial charge < -0.3 is 15.5 Å². The van der Waals surface area contributed by atoms with E-state index >= 15 is 0 Å². The molecule has 0 aliphatic rings. The van der Waals surface area contributed by atoms with Crippen LogP contribution in [-0.2, 0) is 6.54 Å². The Hall–Kier alpha value is -1.93. The van der Waals surface area contributed by atoms with Crippen LogP contribution >= 0.6 is 27.3 Å². The van der Waals surface area contributed by atoms with Gasteiger partial charge in [0.25, 0.3) is 5.91 Å². The normalized spacial score (nSPS) is 11.0. The number of amides is 3. The molecular formula is C20H27BrN4O2S. The van der Waals surface area contributed by atoms with Crippen LogP contribution in [0.3, 0.4) is 0 Å². The Kier molecular flexibility index (Phi) is 8.44. The molecule has 0 radical (unpaired) electrons. The second kappa shape index (κ2) is 10.6. The Morgan fingerprint density at radius 2 is 1.82 bits per heavy atom. The van der Waals surface area contributed by atoms with Crippen molar-refractivity contribution >= 4 is 44.9 Å². The van der Waals surface area contributed by atoms with Crippen molar-refractivity contribution in [3.05, 3.63) is 44.8 Å². The molecule has 0 saturated carbocycles. The smallest absolute Gasteiger partial charge is 0.322 e. The van der Waals surface area contributed by atoms with E-state index in [-0.39, 0.29) is 11.9 Å². The first-order chi connectivity index (χ1) is 13.2. The first-order valence-electron chi connectivity index (χ1n) is 9.28. The third-order valence-electron chi connectivity index (χ3n) is 3.75. The van der Waals surface area contributed by atoms with Crippen molar-refractivity contribution in [1.82, 2.24) is 15.2 Å². The van der Waals surface area contributed by atoms with Crippen molar-refractivity contribution in [2.24, 2.45) is 11.8 Å². The van der Waals surface area contributed by atoms with Gasteiger partial charge in [-0.3, -0.25) is 4.79 Å². The highest BCUT2D eigenvalue weighted by Crippen LogP contribution is 2.17. The number of urea groups is 1. The van der Waals surface area contributed by atoms with Gasteiger partial charge in [0.15, 0.2) is 0 Å². The molecule has 0 bridgehead atoms. The monoisotopic (exact) mass is 466 g/mol. The Morgan fingerprint density at radius 3 is 2.43 bits per heavy atom. The van der Waals surface area contributed by atoms with Crippen molar-refractivity contribution in [2.45, 2.75) is 34.2 Å². The fourth-order valence-electron chi connectivity index (χ4n) is 2.43. The van der Waals surface area contributed by atoms with E-state index in [0.29, 0.717) is 37.2 Å². The van der Waals surface area contributed by atoms with Gasteiger partial charge in [-0.1, -0.05) is 43.6 Å². The minimum Gasteiger partial charge on any atom is -0.350 e. The minimum absolute atomic E-state index is 0.175. The molecule has 152 valence electrons. The second-order valence-corrected chi connectivity index (χ2v) is 9.30. The molecule has 1 aromatic carbocycles. The van der Waals surface area contributed by atoms with Gasteiger partial charge in [0.1, 0.15) is 10.7 Å². The van der Waals surface area contributed by atoms with E-state index in [9.17, 15) is 9.59 Å². The Morgan fingerprint density at radius 1 is 1.14 bits per heavy atom. The average molecular weight is 467 g/mol. The molecule has 1 aromatic heterocycles. The minimum atomic E-state index is -0.183. The maximum atomic E-state index is 12.8. The number of hydrogen-bond acceptors (Lipinski definition) is 4. The van der Waals surface area contributed by atoms with Gasteiger partial charge in [-0.05, 0) is 36.1 Å². The van der Waals surface area contributed by atoms with E-state index in [1.807, 2.05) is 38.1 Å². The molecule has 0 fully saturated rings. The molecular weight excluding hydrogens is 440 g/mol. The summed E-state index contributed by atoms with van der Waals surface area (Å²) in [5.41, 5.74) is 1.13. The summed E-state index contributed by atoms with van der Waals surface area (Å²) < 4.78 is 0.954. The Labute approximate surface area is 178 Å². The number of halogens is 1. The van der Waals surface area contributed by atoms with E-state index < -0.39 is 0 Å². The van der Waals surface area contributed by atoms with E-state index in [1.165, 1.54) is 11.3 Å². The average Bonchev–Trinajstić information content (AvgIpc) is 3.09. The Bertz CT molecular complexity index is 790. The zero-order valence-corrected chi connectivity index (χ0v) is 19.1. The van der Waals surface area contributed by atoms with Crippen LogP contribution < -0.4 is 10.6 Å². The molecule has 0 spiro atoms. The molecule has 0 unspecified atom stereocenters. The fraction of sp³-hybridized carbons (Fsp3) is 0.450. The topological polar surface area (TPSA) is 74.3 Å². The number of hydrogen-bond donors (Lipinski definition) is 2. The number of benzene rings is 1. The standard InChI is InChI=1S/C20H27BrN4O2S/c1-13(2)9-22-19(26)17-12-28-18(24-17)11-25(10-14(3)4)20(27)23-16-7-5-15(21)6-8-16/h5-8,12-14H,9-11H2,1-4H3,(H,22,26)(H,23,27). The summed E-state index contributed by atoms with van der Waals surface area (Å²) in [6, 6.07) is 7.26. The lowest BCUT2D eigenvalue weighted by atomic mass is 10.2. The summed E-state index contributed by atoms with van der Waals surface area (Å²) in [5.74, 6) is 0.515. The Balaban J connectivity index is 2.04. The maximum Gasteiger partial charge on any atom is 0.322 e. The van der Waals surface area contributed by atoms with E-state index in [4.69, 9.17) is 0 Å². The quantitative estimate of drug-likeness (QED) is 0.575. The molecule has 28 heavy (non-hydrogen) atoms. The summed E-state index contributed by atoms with van der Waals surface area (Å²) in [7, 11) is 0. The number of thiazole rings is 1. The highest BCUT2D eigenvalue weighted by molar-refractivity contribution is 9.10. The molecule has 2 aromatic rings. The second-order valence-electron chi connectivity index (χ2n) is 7.44. The van der Waals surface area contributed by atoms with Crippen LogP contribution in [0.25, 0.3) is 0 Å². The van der Waals surface area contributed by atoms with Crippen LogP contribution in [-0.4, -0.2) is 34.9 Å². The number of anilines is 1. The summed E-state index contributed by atoms with van der Waals surface area (Å²) >= 11 is 4.78. The largest absolute Gasteiger partial charge is 0.350 e. The summed E-state index contributed by atoms with van der Waals surface area (Å²) in [4.78, 5) is 31.1.